The largest absolute Gasteiger partial charge is 0.494 e. The normalized spacial score (nSPS) is 10.2. The number of hydrogen-bond donors (Lipinski definition) is 0. The minimum absolute atomic E-state index is 0.263. The van der Waals surface area contributed by atoms with Crippen LogP contribution in [-0.2, 0) is 0 Å². The van der Waals surface area contributed by atoms with E-state index in [4.69, 9.17) is 14.7 Å². The van der Waals surface area contributed by atoms with Crippen molar-refractivity contribution in [3.8, 4) is 28.7 Å². The van der Waals surface area contributed by atoms with Crippen molar-refractivity contribution < 1.29 is 13.9 Å². The highest BCUT2D eigenvalue weighted by atomic mass is 19.1. The zero-order chi connectivity index (χ0) is 18.9. The van der Waals surface area contributed by atoms with Gasteiger partial charge in [-0.1, -0.05) is 24.3 Å². The molecule has 0 saturated carbocycles. The van der Waals surface area contributed by atoms with E-state index in [1.807, 2.05) is 48.5 Å². The third-order valence-electron chi connectivity index (χ3n) is 4.09. The lowest BCUT2D eigenvalue weighted by atomic mass is 10.0. The Kier molecular flexibility index (Phi) is 6.43. The van der Waals surface area contributed by atoms with Gasteiger partial charge in [0.1, 0.15) is 17.3 Å². The first-order chi connectivity index (χ1) is 13.2. The predicted octanol–water partition coefficient (Wildman–Crippen LogP) is 5.60. The average molecular weight is 361 g/mol. The predicted molar refractivity (Wildman–Crippen MR) is 103 cm³/mol. The molecule has 0 bridgehead atoms. The van der Waals surface area contributed by atoms with Crippen molar-refractivity contribution in [1.29, 1.82) is 5.26 Å². The van der Waals surface area contributed by atoms with E-state index >= 15 is 0 Å². The Balaban J connectivity index is 1.38. The molecule has 0 fully saturated rings. The molecule has 136 valence electrons. The van der Waals surface area contributed by atoms with Crippen LogP contribution in [0.1, 0.15) is 18.4 Å². The second kappa shape index (κ2) is 9.40. The number of rotatable bonds is 8. The van der Waals surface area contributed by atoms with E-state index in [9.17, 15) is 4.39 Å². The molecule has 0 unspecified atom stereocenters. The van der Waals surface area contributed by atoms with Crippen LogP contribution < -0.4 is 9.47 Å². The zero-order valence-electron chi connectivity index (χ0n) is 14.9. The third-order valence-corrected chi connectivity index (χ3v) is 4.09. The molecule has 0 spiro atoms. The van der Waals surface area contributed by atoms with Gasteiger partial charge in [0.15, 0.2) is 0 Å². The summed E-state index contributed by atoms with van der Waals surface area (Å²) in [5.74, 6) is 1.24. The zero-order valence-corrected chi connectivity index (χ0v) is 14.9. The Bertz CT molecular complexity index is 882. The lowest BCUT2D eigenvalue weighted by molar-refractivity contribution is 0.266. The van der Waals surface area contributed by atoms with Gasteiger partial charge in [0.2, 0.25) is 0 Å². The van der Waals surface area contributed by atoms with Crippen LogP contribution in [0.15, 0.2) is 72.8 Å². The van der Waals surface area contributed by atoms with E-state index < -0.39 is 0 Å². The lowest BCUT2D eigenvalue weighted by Crippen LogP contribution is -2.02. The first-order valence-corrected chi connectivity index (χ1v) is 8.86. The van der Waals surface area contributed by atoms with Crippen molar-refractivity contribution in [2.75, 3.05) is 13.2 Å². The summed E-state index contributed by atoms with van der Waals surface area (Å²) in [5, 5.41) is 8.85. The van der Waals surface area contributed by atoms with Crippen LogP contribution in [0.5, 0.6) is 11.5 Å². The monoisotopic (exact) mass is 361 g/mol. The maximum Gasteiger partial charge on any atom is 0.123 e. The highest BCUT2D eigenvalue weighted by Gasteiger charge is 2.00. The van der Waals surface area contributed by atoms with Gasteiger partial charge in [0, 0.05) is 0 Å². The van der Waals surface area contributed by atoms with Crippen molar-refractivity contribution in [2.24, 2.45) is 0 Å². The number of benzene rings is 3. The Labute approximate surface area is 158 Å². The molecule has 3 nitrogen and oxygen atoms in total. The van der Waals surface area contributed by atoms with E-state index in [1.165, 1.54) is 12.1 Å². The maximum absolute atomic E-state index is 12.8. The van der Waals surface area contributed by atoms with Gasteiger partial charge < -0.3 is 9.47 Å². The van der Waals surface area contributed by atoms with Gasteiger partial charge >= 0.3 is 0 Å². The van der Waals surface area contributed by atoms with Gasteiger partial charge in [-0.2, -0.15) is 5.26 Å². The summed E-state index contributed by atoms with van der Waals surface area (Å²) in [6, 6.07) is 23.6. The Morgan fingerprint density at radius 2 is 1.11 bits per heavy atom. The van der Waals surface area contributed by atoms with Gasteiger partial charge in [0.05, 0.1) is 24.8 Å². The molecule has 0 atom stereocenters. The fourth-order valence-electron chi connectivity index (χ4n) is 2.60. The fraction of sp³-hybridized carbons (Fsp3) is 0.174. The van der Waals surface area contributed by atoms with Gasteiger partial charge in [-0.15, -0.1) is 0 Å². The molecule has 3 aromatic rings. The Morgan fingerprint density at radius 3 is 1.59 bits per heavy atom. The SMILES string of the molecule is N#Cc1ccc(-c2ccc(OCCCCOc3ccc(F)cc3)cc2)cc1. The minimum Gasteiger partial charge on any atom is -0.494 e. The number of nitriles is 1. The van der Waals surface area contributed by atoms with Gasteiger partial charge in [-0.25, -0.2) is 4.39 Å². The van der Waals surface area contributed by atoms with Crippen LogP contribution in [0, 0.1) is 17.1 Å². The smallest absolute Gasteiger partial charge is 0.123 e. The third kappa shape index (κ3) is 5.58. The summed E-state index contributed by atoms with van der Waals surface area (Å²) in [5.41, 5.74) is 2.81. The van der Waals surface area contributed by atoms with E-state index in [1.54, 1.807) is 12.1 Å². The summed E-state index contributed by atoms with van der Waals surface area (Å²) in [6.07, 6.45) is 1.74. The van der Waals surface area contributed by atoms with Crippen molar-refractivity contribution in [1.82, 2.24) is 0 Å². The van der Waals surface area contributed by atoms with Gasteiger partial charge in [-0.05, 0) is 72.5 Å². The maximum atomic E-state index is 12.8. The first-order valence-electron chi connectivity index (χ1n) is 8.86. The molecule has 0 aliphatic heterocycles. The van der Waals surface area contributed by atoms with E-state index in [0.29, 0.717) is 24.5 Å². The second-order valence-electron chi connectivity index (χ2n) is 6.07. The second-order valence-corrected chi connectivity index (χ2v) is 6.07. The Morgan fingerprint density at radius 1 is 0.667 bits per heavy atom. The molecular weight excluding hydrogens is 341 g/mol. The van der Waals surface area contributed by atoms with Crippen LogP contribution in [0.3, 0.4) is 0 Å². The average Bonchev–Trinajstić information content (AvgIpc) is 2.72. The van der Waals surface area contributed by atoms with Crippen LogP contribution in [0.4, 0.5) is 4.39 Å². The highest BCUT2D eigenvalue weighted by molar-refractivity contribution is 5.64. The van der Waals surface area contributed by atoms with Crippen molar-refractivity contribution >= 4 is 0 Å². The standard InChI is InChI=1S/C23H20FNO2/c24-21-9-13-23(14-10-21)27-16-2-1-15-26-22-11-7-20(8-12-22)19-5-3-18(17-25)4-6-19/h3-14H,1-2,15-16H2. The molecular formula is C23H20FNO2. The molecule has 0 aliphatic carbocycles. The molecule has 0 radical (unpaired) electrons. The van der Waals surface area contributed by atoms with Crippen LogP contribution in [0.25, 0.3) is 11.1 Å². The summed E-state index contributed by atoms with van der Waals surface area (Å²) in [6.45, 7) is 1.19. The fourth-order valence-corrected chi connectivity index (χ4v) is 2.60. The summed E-state index contributed by atoms with van der Waals surface area (Å²) in [7, 11) is 0. The van der Waals surface area contributed by atoms with Crippen molar-refractivity contribution in [3.63, 3.8) is 0 Å². The molecule has 0 heterocycles. The number of halogens is 1. The molecule has 0 aliphatic rings. The molecule has 27 heavy (non-hydrogen) atoms. The number of nitrogens with zero attached hydrogens (tertiary/aromatic N) is 1. The highest BCUT2D eigenvalue weighted by Crippen LogP contribution is 2.23. The molecule has 0 saturated heterocycles. The van der Waals surface area contributed by atoms with Gasteiger partial charge in [0.25, 0.3) is 0 Å². The van der Waals surface area contributed by atoms with Crippen LogP contribution >= 0.6 is 0 Å². The first kappa shape index (κ1) is 18.5. The van der Waals surface area contributed by atoms with E-state index in [-0.39, 0.29) is 5.82 Å². The van der Waals surface area contributed by atoms with Crippen molar-refractivity contribution in [3.05, 3.63) is 84.2 Å². The molecule has 0 amide bonds. The van der Waals surface area contributed by atoms with E-state index in [0.717, 1.165) is 29.7 Å². The topological polar surface area (TPSA) is 42.2 Å². The summed E-state index contributed by atoms with van der Waals surface area (Å²) in [4.78, 5) is 0. The molecule has 0 aromatic heterocycles. The minimum atomic E-state index is -0.263. The summed E-state index contributed by atoms with van der Waals surface area (Å²) < 4.78 is 24.1. The molecule has 3 rings (SSSR count). The molecule has 3 aromatic carbocycles. The molecule has 0 N–H and O–H groups in total. The molecule has 4 heteroatoms. The van der Waals surface area contributed by atoms with Crippen LogP contribution in [-0.4, -0.2) is 13.2 Å². The van der Waals surface area contributed by atoms with Gasteiger partial charge in [-0.3, -0.25) is 0 Å². The quantitative estimate of drug-likeness (QED) is 0.490. The number of ether oxygens (including phenoxy) is 2. The van der Waals surface area contributed by atoms with Crippen molar-refractivity contribution in [2.45, 2.75) is 12.8 Å². The number of unbranched alkanes of at least 4 members (excludes halogenated alkanes) is 1. The lowest BCUT2D eigenvalue weighted by Gasteiger charge is -2.09. The Hall–Kier alpha value is -3.32. The summed E-state index contributed by atoms with van der Waals surface area (Å²) >= 11 is 0. The van der Waals surface area contributed by atoms with E-state index in [2.05, 4.69) is 6.07 Å². The number of hydrogen-bond acceptors (Lipinski definition) is 3. The van der Waals surface area contributed by atoms with Crippen LogP contribution in [0.2, 0.25) is 0 Å².